The van der Waals surface area contributed by atoms with E-state index in [1.165, 1.54) is 24.4 Å². The molecule has 0 aliphatic carbocycles. The number of esters is 1. The Hall–Kier alpha value is -2.23. The third-order valence-electron chi connectivity index (χ3n) is 3.83. The topological polar surface area (TPSA) is 86.5 Å². The first kappa shape index (κ1) is 19.5. The molecule has 140 valence electrons. The summed E-state index contributed by atoms with van der Waals surface area (Å²) >= 11 is 6.84. The largest absolute Gasteiger partial charge is 0.467 e. The van der Waals surface area contributed by atoms with Crippen LogP contribution in [0.15, 0.2) is 64.1 Å². The lowest BCUT2D eigenvalue weighted by atomic mass is 9.93. The molecule has 1 N–H and O–H groups in total. The van der Waals surface area contributed by atoms with Crippen LogP contribution < -0.4 is 4.74 Å². The van der Waals surface area contributed by atoms with Gasteiger partial charge in [0, 0.05) is 10.0 Å². The number of nitrogens with zero attached hydrogens (tertiary/aromatic N) is 3. The minimum absolute atomic E-state index is 0.150. The highest BCUT2D eigenvalue weighted by Crippen LogP contribution is 2.36. The van der Waals surface area contributed by atoms with Crippen molar-refractivity contribution in [1.29, 1.82) is 0 Å². The van der Waals surface area contributed by atoms with Crippen LogP contribution in [0.25, 0.3) is 0 Å². The van der Waals surface area contributed by atoms with Gasteiger partial charge in [0.15, 0.2) is 0 Å². The second kappa shape index (κ2) is 8.20. The summed E-state index contributed by atoms with van der Waals surface area (Å²) in [6.07, 6.45) is 2.73. The fourth-order valence-electron chi connectivity index (χ4n) is 2.53. The van der Waals surface area contributed by atoms with Crippen LogP contribution in [-0.2, 0) is 21.7 Å². The van der Waals surface area contributed by atoms with Crippen LogP contribution >= 0.6 is 31.9 Å². The third-order valence-corrected chi connectivity index (χ3v) is 5.14. The van der Waals surface area contributed by atoms with E-state index >= 15 is 0 Å². The monoisotopic (exact) mass is 495 g/mol. The van der Waals surface area contributed by atoms with Gasteiger partial charge in [-0.3, -0.25) is 0 Å². The predicted octanol–water partition coefficient (Wildman–Crippen LogP) is 3.66. The summed E-state index contributed by atoms with van der Waals surface area (Å²) in [7, 11) is 1.22. The number of carbonyl (C=O) groups is 1. The SMILES string of the molecule is COC(=O)C(O)(Cn1cncn1)c1ccc(Oc2ccccc2Br)cc1Br. The summed E-state index contributed by atoms with van der Waals surface area (Å²) in [5, 5.41) is 15.0. The molecule has 0 amide bonds. The van der Waals surface area contributed by atoms with Crippen LogP contribution in [0.1, 0.15) is 5.56 Å². The number of methoxy groups -OCH3 is 1. The first-order valence-corrected chi connectivity index (χ1v) is 9.38. The van der Waals surface area contributed by atoms with Crippen LogP contribution in [0, 0.1) is 0 Å². The summed E-state index contributed by atoms with van der Waals surface area (Å²) in [5.74, 6) is 0.367. The fourth-order valence-corrected chi connectivity index (χ4v) is 3.58. The van der Waals surface area contributed by atoms with Crippen molar-refractivity contribution < 1.29 is 19.4 Å². The van der Waals surface area contributed by atoms with Gasteiger partial charge >= 0.3 is 5.97 Å². The Morgan fingerprint density at radius 3 is 2.63 bits per heavy atom. The molecule has 0 aliphatic heterocycles. The third kappa shape index (κ3) is 4.20. The molecule has 1 atom stereocenters. The van der Waals surface area contributed by atoms with Crippen molar-refractivity contribution in [3.63, 3.8) is 0 Å². The Kier molecular flexibility index (Phi) is 5.93. The number of aromatic nitrogens is 3. The van der Waals surface area contributed by atoms with Gasteiger partial charge in [0.05, 0.1) is 18.1 Å². The van der Waals surface area contributed by atoms with Crippen molar-refractivity contribution in [2.75, 3.05) is 7.11 Å². The maximum atomic E-state index is 12.3. The lowest BCUT2D eigenvalue weighted by molar-refractivity contribution is -0.165. The second-order valence-electron chi connectivity index (χ2n) is 5.62. The molecule has 3 rings (SSSR count). The van der Waals surface area contributed by atoms with Gasteiger partial charge in [0.1, 0.15) is 24.2 Å². The highest BCUT2D eigenvalue weighted by Gasteiger charge is 2.41. The van der Waals surface area contributed by atoms with E-state index in [1.807, 2.05) is 24.3 Å². The summed E-state index contributed by atoms with van der Waals surface area (Å²) in [6.45, 7) is -0.150. The maximum absolute atomic E-state index is 12.3. The molecule has 1 aromatic heterocycles. The molecule has 2 aromatic carbocycles. The predicted molar refractivity (Wildman–Crippen MR) is 104 cm³/mol. The zero-order valence-corrected chi connectivity index (χ0v) is 17.3. The number of halogens is 2. The van der Waals surface area contributed by atoms with Gasteiger partial charge in [-0.1, -0.05) is 34.1 Å². The molecule has 0 spiro atoms. The fraction of sp³-hybridized carbons (Fsp3) is 0.167. The Morgan fingerprint density at radius 1 is 1.22 bits per heavy atom. The van der Waals surface area contributed by atoms with Crippen LogP contribution in [0.2, 0.25) is 0 Å². The number of hydrogen-bond acceptors (Lipinski definition) is 6. The molecular formula is C18H15Br2N3O4. The van der Waals surface area contributed by atoms with E-state index < -0.39 is 11.6 Å². The number of ether oxygens (including phenoxy) is 2. The second-order valence-corrected chi connectivity index (χ2v) is 7.33. The molecule has 27 heavy (non-hydrogen) atoms. The van der Waals surface area contributed by atoms with Crippen molar-refractivity contribution in [3.8, 4) is 11.5 Å². The molecular weight excluding hydrogens is 482 g/mol. The lowest BCUT2D eigenvalue weighted by Crippen LogP contribution is -2.41. The lowest BCUT2D eigenvalue weighted by Gasteiger charge is -2.26. The van der Waals surface area contributed by atoms with Gasteiger partial charge in [-0.05, 0) is 40.2 Å². The van der Waals surface area contributed by atoms with E-state index in [9.17, 15) is 9.90 Å². The highest BCUT2D eigenvalue weighted by atomic mass is 79.9. The summed E-state index contributed by atoms with van der Waals surface area (Å²) in [5.41, 5.74) is -1.63. The van der Waals surface area contributed by atoms with Crippen molar-refractivity contribution in [2.24, 2.45) is 0 Å². The summed E-state index contributed by atoms with van der Waals surface area (Å²) in [6, 6.07) is 12.4. The van der Waals surface area contributed by atoms with Gasteiger partial charge < -0.3 is 14.6 Å². The van der Waals surface area contributed by atoms with E-state index in [0.29, 0.717) is 21.5 Å². The minimum Gasteiger partial charge on any atom is -0.467 e. The summed E-state index contributed by atoms with van der Waals surface area (Å²) < 4.78 is 13.3. The average molecular weight is 497 g/mol. The molecule has 9 heteroatoms. The molecule has 0 fully saturated rings. The van der Waals surface area contributed by atoms with Crippen LogP contribution in [0.4, 0.5) is 0 Å². The van der Waals surface area contributed by atoms with Gasteiger partial charge in [-0.25, -0.2) is 14.5 Å². The number of para-hydroxylation sites is 1. The van der Waals surface area contributed by atoms with Crippen molar-refractivity contribution in [3.05, 3.63) is 69.6 Å². The standard InChI is InChI=1S/C18H15Br2N3O4/c1-26-17(24)18(25,9-23-11-21-10-22-23)13-7-6-12(8-15(13)20)27-16-5-3-2-4-14(16)19/h2-8,10-11,25H,9H2,1H3. The molecule has 1 unspecified atom stereocenters. The zero-order valence-electron chi connectivity index (χ0n) is 14.2. The van der Waals surface area contributed by atoms with Crippen molar-refractivity contribution >= 4 is 37.8 Å². The Bertz CT molecular complexity index is 950. The molecule has 0 saturated heterocycles. The quantitative estimate of drug-likeness (QED) is 0.524. The Balaban J connectivity index is 1.94. The van der Waals surface area contributed by atoms with Gasteiger partial charge in [-0.2, -0.15) is 5.10 Å². The molecule has 0 aliphatic rings. The van der Waals surface area contributed by atoms with Crippen molar-refractivity contribution in [1.82, 2.24) is 14.8 Å². The van der Waals surface area contributed by atoms with E-state index in [4.69, 9.17) is 9.47 Å². The molecule has 0 saturated carbocycles. The average Bonchev–Trinajstić information content (AvgIpc) is 3.15. The Labute approximate surface area is 172 Å². The maximum Gasteiger partial charge on any atom is 0.344 e. The van der Waals surface area contributed by atoms with Crippen LogP contribution in [-0.4, -0.2) is 33.0 Å². The van der Waals surface area contributed by atoms with E-state index in [1.54, 1.807) is 18.2 Å². The van der Waals surface area contributed by atoms with Crippen LogP contribution in [0.3, 0.4) is 0 Å². The first-order valence-electron chi connectivity index (χ1n) is 7.79. The van der Waals surface area contributed by atoms with E-state index in [2.05, 4.69) is 41.9 Å². The van der Waals surface area contributed by atoms with Gasteiger partial charge in [0.25, 0.3) is 0 Å². The highest BCUT2D eigenvalue weighted by molar-refractivity contribution is 9.10. The zero-order chi connectivity index (χ0) is 19.4. The molecule has 0 bridgehead atoms. The van der Waals surface area contributed by atoms with E-state index in [0.717, 1.165) is 4.47 Å². The number of hydrogen-bond donors (Lipinski definition) is 1. The number of rotatable bonds is 6. The number of carbonyl (C=O) groups excluding carboxylic acids is 1. The number of aliphatic hydroxyl groups is 1. The first-order chi connectivity index (χ1) is 12.9. The van der Waals surface area contributed by atoms with E-state index in [-0.39, 0.29) is 6.54 Å². The van der Waals surface area contributed by atoms with Crippen LogP contribution in [0.5, 0.6) is 11.5 Å². The minimum atomic E-state index is -1.95. The molecule has 0 radical (unpaired) electrons. The molecule has 1 heterocycles. The Morgan fingerprint density at radius 2 is 2.00 bits per heavy atom. The smallest absolute Gasteiger partial charge is 0.344 e. The molecule has 7 nitrogen and oxygen atoms in total. The van der Waals surface area contributed by atoms with Gasteiger partial charge in [-0.15, -0.1) is 0 Å². The van der Waals surface area contributed by atoms with Gasteiger partial charge in [0.2, 0.25) is 5.60 Å². The molecule has 3 aromatic rings. The summed E-state index contributed by atoms with van der Waals surface area (Å²) in [4.78, 5) is 16.2. The van der Waals surface area contributed by atoms with Crippen molar-refractivity contribution in [2.45, 2.75) is 12.1 Å². The number of benzene rings is 2. The normalized spacial score (nSPS) is 13.0.